The second kappa shape index (κ2) is 5.22. The molecule has 0 aliphatic rings. The number of hydrogen-bond acceptors (Lipinski definition) is 2. The van der Waals surface area contributed by atoms with Crippen molar-refractivity contribution < 1.29 is 0 Å². The number of nitrogens with zero attached hydrogens (tertiary/aromatic N) is 1. The van der Waals surface area contributed by atoms with Crippen molar-refractivity contribution in [3.63, 3.8) is 0 Å². The van der Waals surface area contributed by atoms with Gasteiger partial charge >= 0.3 is 0 Å². The molecule has 0 bridgehead atoms. The number of hydrogen-bond donors (Lipinski definition) is 2. The SMILES string of the molecule is Cc1c(-c2cncc(Br)c2)c2[nH]c3ccc(Cl)cc3c2[nH]c1=O. The molecule has 6 heteroatoms. The summed E-state index contributed by atoms with van der Waals surface area (Å²) >= 11 is 9.54. The van der Waals surface area contributed by atoms with E-state index in [4.69, 9.17) is 11.6 Å². The third-order valence-corrected chi connectivity index (χ3v) is 4.63. The van der Waals surface area contributed by atoms with Crippen molar-refractivity contribution in [2.75, 3.05) is 0 Å². The van der Waals surface area contributed by atoms with Gasteiger partial charge in [-0.05, 0) is 47.1 Å². The van der Waals surface area contributed by atoms with Gasteiger partial charge in [0.15, 0.2) is 0 Å². The number of rotatable bonds is 1. The van der Waals surface area contributed by atoms with E-state index in [0.29, 0.717) is 10.6 Å². The molecule has 0 unspecified atom stereocenters. The number of pyridine rings is 2. The van der Waals surface area contributed by atoms with Gasteiger partial charge < -0.3 is 9.97 Å². The van der Waals surface area contributed by atoms with Crippen molar-refractivity contribution >= 4 is 49.5 Å². The number of aromatic nitrogens is 3. The standard InChI is InChI=1S/C17H11BrClN3O/c1-8-14(9-4-10(18)7-20-6-9)16-15(22-17(8)23)12-5-11(19)2-3-13(12)21-16/h2-7,21H,1H3,(H,22,23). The molecule has 0 saturated heterocycles. The first-order valence-corrected chi connectivity index (χ1v) is 8.16. The number of benzene rings is 1. The Morgan fingerprint density at radius 2 is 1.96 bits per heavy atom. The topological polar surface area (TPSA) is 61.5 Å². The van der Waals surface area contributed by atoms with Gasteiger partial charge in [0.05, 0.1) is 11.0 Å². The van der Waals surface area contributed by atoms with E-state index in [1.807, 2.05) is 31.2 Å². The van der Waals surface area contributed by atoms with Gasteiger partial charge in [0.1, 0.15) is 0 Å². The molecule has 23 heavy (non-hydrogen) atoms. The van der Waals surface area contributed by atoms with Crippen molar-refractivity contribution in [2.45, 2.75) is 6.92 Å². The number of fused-ring (bicyclic) bond motifs is 3. The van der Waals surface area contributed by atoms with E-state index < -0.39 is 0 Å². The van der Waals surface area contributed by atoms with Crippen LogP contribution in [0.25, 0.3) is 33.1 Å². The first kappa shape index (κ1) is 14.5. The van der Waals surface area contributed by atoms with Gasteiger partial charge in [0.25, 0.3) is 5.56 Å². The van der Waals surface area contributed by atoms with Crippen LogP contribution in [-0.2, 0) is 0 Å². The van der Waals surface area contributed by atoms with Crippen LogP contribution in [0.15, 0.2) is 45.9 Å². The Kier molecular flexibility index (Phi) is 3.28. The summed E-state index contributed by atoms with van der Waals surface area (Å²) in [5, 5.41) is 1.53. The first-order chi connectivity index (χ1) is 11.0. The maximum Gasteiger partial charge on any atom is 0.252 e. The fourth-order valence-corrected chi connectivity index (χ4v) is 3.44. The zero-order chi connectivity index (χ0) is 16.1. The van der Waals surface area contributed by atoms with Crippen LogP contribution < -0.4 is 5.56 Å². The summed E-state index contributed by atoms with van der Waals surface area (Å²) in [7, 11) is 0. The second-order valence-corrected chi connectivity index (χ2v) is 6.76. The molecule has 0 saturated carbocycles. The lowest BCUT2D eigenvalue weighted by Gasteiger charge is -2.07. The quantitative estimate of drug-likeness (QED) is 0.492. The lowest BCUT2D eigenvalue weighted by molar-refractivity contribution is 1.23. The smallest absolute Gasteiger partial charge is 0.252 e. The molecule has 4 aromatic rings. The van der Waals surface area contributed by atoms with Crippen molar-refractivity contribution in [2.24, 2.45) is 0 Å². The minimum absolute atomic E-state index is 0.117. The third-order valence-electron chi connectivity index (χ3n) is 3.96. The zero-order valence-corrected chi connectivity index (χ0v) is 14.4. The molecule has 3 aromatic heterocycles. The van der Waals surface area contributed by atoms with E-state index in [9.17, 15) is 4.79 Å². The van der Waals surface area contributed by atoms with E-state index in [1.54, 1.807) is 12.4 Å². The fraction of sp³-hybridized carbons (Fsp3) is 0.0588. The van der Waals surface area contributed by atoms with Crippen molar-refractivity contribution in [1.82, 2.24) is 15.0 Å². The highest BCUT2D eigenvalue weighted by molar-refractivity contribution is 9.10. The highest BCUT2D eigenvalue weighted by Gasteiger charge is 2.16. The normalized spacial score (nSPS) is 11.4. The van der Waals surface area contributed by atoms with Crippen LogP contribution in [-0.4, -0.2) is 15.0 Å². The monoisotopic (exact) mass is 387 g/mol. The lowest BCUT2D eigenvalue weighted by atomic mass is 10.0. The maximum absolute atomic E-state index is 12.4. The van der Waals surface area contributed by atoms with E-state index >= 15 is 0 Å². The van der Waals surface area contributed by atoms with Gasteiger partial charge in [-0.2, -0.15) is 0 Å². The summed E-state index contributed by atoms with van der Waals surface area (Å²) < 4.78 is 0.863. The average Bonchev–Trinajstić information content (AvgIpc) is 2.86. The Labute approximate surface area is 144 Å². The van der Waals surface area contributed by atoms with Crippen LogP contribution in [0.1, 0.15) is 5.56 Å². The van der Waals surface area contributed by atoms with Gasteiger partial charge in [0, 0.05) is 49.5 Å². The van der Waals surface area contributed by atoms with E-state index in [2.05, 4.69) is 30.9 Å². The molecular formula is C17H11BrClN3O. The molecule has 0 amide bonds. The molecular weight excluding hydrogens is 378 g/mol. The Balaban J connectivity index is 2.20. The molecule has 4 rings (SSSR count). The van der Waals surface area contributed by atoms with Gasteiger partial charge in [-0.1, -0.05) is 11.6 Å². The van der Waals surface area contributed by atoms with Crippen molar-refractivity contribution in [3.8, 4) is 11.1 Å². The highest BCUT2D eigenvalue weighted by Crippen LogP contribution is 2.34. The molecule has 0 aliphatic heterocycles. The summed E-state index contributed by atoms with van der Waals surface area (Å²) in [4.78, 5) is 23.0. The third kappa shape index (κ3) is 2.28. The number of halogens is 2. The number of nitrogens with one attached hydrogen (secondary N) is 2. The minimum atomic E-state index is -0.117. The van der Waals surface area contributed by atoms with Crippen molar-refractivity contribution in [1.29, 1.82) is 0 Å². The molecule has 0 radical (unpaired) electrons. The van der Waals surface area contributed by atoms with Gasteiger partial charge in [0.2, 0.25) is 0 Å². The van der Waals surface area contributed by atoms with Crippen LogP contribution in [0.4, 0.5) is 0 Å². The Morgan fingerprint density at radius 3 is 2.74 bits per heavy atom. The zero-order valence-electron chi connectivity index (χ0n) is 12.1. The van der Waals surface area contributed by atoms with E-state index in [1.165, 1.54) is 0 Å². The number of H-pyrrole nitrogens is 2. The van der Waals surface area contributed by atoms with Crippen LogP contribution in [0.5, 0.6) is 0 Å². The largest absolute Gasteiger partial charge is 0.353 e. The van der Waals surface area contributed by atoms with Crippen LogP contribution in [0, 0.1) is 6.92 Å². The molecule has 114 valence electrons. The molecule has 0 atom stereocenters. The summed E-state index contributed by atoms with van der Waals surface area (Å²) in [6, 6.07) is 7.54. The average molecular weight is 389 g/mol. The first-order valence-electron chi connectivity index (χ1n) is 6.99. The molecule has 0 aliphatic carbocycles. The lowest BCUT2D eigenvalue weighted by Crippen LogP contribution is -2.10. The summed E-state index contributed by atoms with van der Waals surface area (Å²) in [6.07, 6.45) is 3.47. The molecule has 2 N–H and O–H groups in total. The summed E-state index contributed by atoms with van der Waals surface area (Å²) in [6.45, 7) is 1.81. The molecule has 0 fully saturated rings. The van der Waals surface area contributed by atoms with Gasteiger partial charge in [-0.15, -0.1) is 0 Å². The van der Waals surface area contributed by atoms with Gasteiger partial charge in [-0.3, -0.25) is 9.78 Å². The minimum Gasteiger partial charge on any atom is -0.353 e. The molecule has 0 spiro atoms. The Morgan fingerprint density at radius 1 is 1.13 bits per heavy atom. The van der Waals surface area contributed by atoms with Crippen LogP contribution in [0.3, 0.4) is 0 Å². The van der Waals surface area contributed by atoms with Crippen molar-refractivity contribution in [3.05, 3.63) is 62.1 Å². The number of aromatic amines is 2. The summed E-state index contributed by atoms with van der Waals surface area (Å²) in [5.74, 6) is 0. The Bertz CT molecular complexity index is 1130. The molecule has 3 heterocycles. The summed E-state index contributed by atoms with van der Waals surface area (Å²) in [5.41, 5.74) is 4.82. The molecule has 1 aromatic carbocycles. The molecule has 4 nitrogen and oxygen atoms in total. The highest BCUT2D eigenvalue weighted by atomic mass is 79.9. The Hall–Kier alpha value is -2.11. The maximum atomic E-state index is 12.4. The van der Waals surface area contributed by atoms with Crippen LogP contribution >= 0.6 is 27.5 Å². The fourth-order valence-electron chi connectivity index (χ4n) is 2.90. The second-order valence-electron chi connectivity index (χ2n) is 5.41. The van der Waals surface area contributed by atoms with E-state index in [-0.39, 0.29) is 5.56 Å². The predicted molar refractivity (Wildman–Crippen MR) is 97.1 cm³/mol. The van der Waals surface area contributed by atoms with E-state index in [0.717, 1.165) is 37.5 Å². The predicted octanol–water partition coefficient (Wildman–Crippen LogP) is 4.80. The van der Waals surface area contributed by atoms with Crippen LogP contribution in [0.2, 0.25) is 5.02 Å². The van der Waals surface area contributed by atoms with Gasteiger partial charge in [-0.25, -0.2) is 0 Å².